The fourth-order valence-electron chi connectivity index (χ4n) is 2.48. The molecule has 0 fully saturated rings. The van der Waals surface area contributed by atoms with Crippen LogP contribution in [0.15, 0.2) is 41.3 Å². The number of methoxy groups -OCH3 is 2. The first-order valence-electron chi connectivity index (χ1n) is 8.41. The van der Waals surface area contributed by atoms with Crippen molar-refractivity contribution in [2.45, 2.75) is 18.7 Å². The topological polar surface area (TPSA) is 82.1 Å². The lowest BCUT2D eigenvalue weighted by Gasteiger charge is -2.24. The van der Waals surface area contributed by atoms with Gasteiger partial charge >= 0.3 is 5.97 Å². The molecule has 0 heterocycles. The Balaban J connectivity index is 2.57. The Morgan fingerprint density at radius 1 is 1.07 bits per heavy atom. The first-order valence-corrected chi connectivity index (χ1v) is 10.2. The minimum Gasteiger partial charge on any atom is -0.493 e. The van der Waals surface area contributed by atoms with E-state index in [0.29, 0.717) is 10.8 Å². The first kappa shape index (κ1) is 21.8. The third-order valence-corrected chi connectivity index (χ3v) is 6.14. The Kier molecular flexibility index (Phi) is 7.15. The Labute approximate surface area is 169 Å². The van der Waals surface area contributed by atoms with Crippen LogP contribution >= 0.6 is 11.6 Å². The second-order valence-corrected chi connectivity index (χ2v) is 8.04. The molecule has 0 amide bonds. The van der Waals surface area contributed by atoms with Gasteiger partial charge in [0.15, 0.2) is 11.5 Å². The summed E-state index contributed by atoms with van der Waals surface area (Å²) in [5.41, 5.74) is 1.03. The van der Waals surface area contributed by atoms with E-state index in [1.54, 1.807) is 26.0 Å². The van der Waals surface area contributed by atoms with Crippen LogP contribution in [-0.2, 0) is 19.6 Å². The first-order chi connectivity index (χ1) is 13.2. The lowest BCUT2D eigenvalue weighted by Crippen LogP contribution is -2.36. The zero-order valence-electron chi connectivity index (χ0n) is 16.1. The highest BCUT2D eigenvalue weighted by molar-refractivity contribution is 7.92. The lowest BCUT2D eigenvalue weighted by atomic mass is 10.2. The number of benzene rings is 2. The summed E-state index contributed by atoms with van der Waals surface area (Å²) in [6, 6.07) is 8.95. The second-order valence-electron chi connectivity index (χ2n) is 5.77. The van der Waals surface area contributed by atoms with E-state index in [0.717, 1.165) is 9.87 Å². The van der Waals surface area contributed by atoms with Crippen LogP contribution in [0.1, 0.15) is 12.5 Å². The van der Waals surface area contributed by atoms with E-state index in [1.807, 2.05) is 0 Å². The number of carbonyl (C=O) groups is 1. The van der Waals surface area contributed by atoms with Gasteiger partial charge in [-0.1, -0.05) is 17.7 Å². The highest BCUT2D eigenvalue weighted by Gasteiger charge is 2.29. The van der Waals surface area contributed by atoms with E-state index in [-0.39, 0.29) is 22.9 Å². The molecule has 2 rings (SSSR count). The number of aryl methyl sites for hydroxylation is 1. The van der Waals surface area contributed by atoms with Crippen LogP contribution in [0.4, 0.5) is 5.69 Å². The molecule has 0 bridgehead atoms. The summed E-state index contributed by atoms with van der Waals surface area (Å²) in [6.45, 7) is 3.08. The fraction of sp³-hybridized carbons (Fsp3) is 0.316. The summed E-state index contributed by atoms with van der Waals surface area (Å²) in [6.07, 6.45) is 0. The van der Waals surface area contributed by atoms with Gasteiger partial charge in [-0.3, -0.25) is 9.10 Å². The molecule has 7 nitrogen and oxygen atoms in total. The number of halogens is 1. The van der Waals surface area contributed by atoms with Crippen LogP contribution in [0.2, 0.25) is 5.02 Å². The molecule has 0 aliphatic heterocycles. The van der Waals surface area contributed by atoms with Crippen molar-refractivity contribution in [2.24, 2.45) is 0 Å². The number of nitrogens with zero attached hydrogens (tertiary/aromatic N) is 1. The molecule has 0 aliphatic carbocycles. The van der Waals surface area contributed by atoms with Crippen LogP contribution in [0, 0.1) is 6.92 Å². The molecule has 9 heteroatoms. The van der Waals surface area contributed by atoms with E-state index >= 15 is 0 Å². The van der Waals surface area contributed by atoms with Crippen molar-refractivity contribution in [1.82, 2.24) is 0 Å². The molecule has 0 saturated heterocycles. The lowest BCUT2D eigenvalue weighted by molar-refractivity contribution is -0.141. The Morgan fingerprint density at radius 2 is 1.75 bits per heavy atom. The summed E-state index contributed by atoms with van der Waals surface area (Å²) < 4.78 is 42.9. The maximum atomic E-state index is 13.3. The Morgan fingerprint density at radius 3 is 2.32 bits per heavy atom. The molecule has 0 unspecified atom stereocenters. The Hall–Kier alpha value is -2.45. The number of ether oxygens (including phenoxy) is 3. The van der Waals surface area contributed by atoms with Gasteiger partial charge in [0.05, 0.1) is 31.4 Å². The zero-order chi connectivity index (χ0) is 20.9. The predicted octanol–water partition coefficient (Wildman–Crippen LogP) is 3.42. The van der Waals surface area contributed by atoms with Crippen molar-refractivity contribution in [3.8, 4) is 11.5 Å². The van der Waals surface area contributed by atoms with Crippen molar-refractivity contribution in [2.75, 3.05) is 31.7 Å². The van der Waals surface area contributed by atoms with Gasteiger partial charge in [0.1, 0.15) is 6.54 Å². The number of carbonyl (C=O) groups excluding carboxylic acids is 1. The molecule has 0 radical (unpaired) electrons. The second kappa shape index (κ2) is 9.16. The summed E-state index contributed by atoms with van der Waals surface area (Å²) >= 11 is 6.16. The van der Waals surface area contributed by atoms with Crippen LogP contribution in [0.5, 0.6) is 11.5 Å². The molecule has 2 aromatic rings. The van der Waals surface area contributed by atoms with E-state index in [9.17, 15) is 13.2 Å². The van der Waals surface area contributed by atoms with Gasteiger partial charge in [-0.05, 0) is 43.7 Å². The average molecular weight is 428 g/mol. The van der Waals surface area contributed by atoms with Gasteiger partial charge in [-0.25, -0.2) is 8.42 Å². The number of rotatable bonds is 8. The standard InChI is InChI=1S/C19H22ClNO6S/c1-5-27-19(22)12-21(14-7-6-13(2)16(20)10-14)28(23,24)15-8-9-17(25-3)18(11-15)26-4/h6-11H,5,12H2,1-4H3. The van der Waals surface area contributed by atoms with Gasteiger partial charge in [-0.15, -0.1) is 0 Å². The number of sulfonamides is 1. The molecule has 0 aliphatic rings. The van der Waals surface area contributed by atoms with Gasteiger partial charge in [-0.2, -0.15) is 0 Å². The molecule has 28 heavy (non-hydrogen) atoms. The molecular weight excluding hydrogens is 406 g/mol. The van der Waals surface area contributed by atoms with Gasteiger partial charge < -0.3 is 14.2 Å². The third kappa shape index (κ3) is 4.69. The van der Waals surface area contributed by atoms with E-state index in [4.69, 9.17) is 25.8 Å². The quantitative estimate of drug-likeness (QED) is 0.600. The van der Waals surface area contributed by atoms with Crippen molar-refractivity contribution in [3.63, 3.8) is 0 Å². The summed E-state index contributed by atoms with van der Waals surface area (Å²) in [5.74, 6) is -0.0402. The highest BCUT2D eigenvalue weighted by atomic mass is 35.5. The van der Waals surface area contributed by atoms with Crippen molar-refractivity contribution in [3.05, 3.63) is 47.0 Å². The van der Waals surface area contributed by atoms with Gasteiger partial charge in [0, 0.05) is 11.1 Å². The molecule has 0 aromatic heterocycles. The fourth-order valence-corrected chi connectivity index (χ4v) is 4.07. The summed E-state index contributed by atoms with van der Waals surface area (Å²) in [7, 11) is -1.26. The minimum atomic E-state index is -4.12. The molecule has 0 spiro atoms. The summed E-state index contributed by atoms with van der Waals surface area (Å²) in [5, 5.41) is 0.383. The van der Waals surface area contributed by atoms with Crippen LogP contribution in [-0.4, -0.2) is 41.8 Å². The van der Waals surface area contributed by atoms with Gasteiger partial charge in [0.25, 0.3) is 10.0 Å². The molecule has 0 saturated carbocycles. The van der Waals surface area contributed by atoms with E-state index in [2.05, 4.69) is 0 Å². The minimum absolute atomic E-state index is 0.0638. The van der Waals surface area contributed by atoms with Gasteiger partial charge in [0.2, 0.25) is 0 Å². The highest BCUT2D eigenvalue weighted by Crippen LogP contribution is 2.33. The number of hydrogen-bond donors (Lipinski definition) is 0. The number of anilines is 1. The van der Waals surface area contributed by atoms with Crippen LogP contribution in [0.25, 0.3) is 0 Å². The molecule has 0 N–H and O–H groups in total. The predicted molar refractivity (Wildman–Crippen MR) is 107 cm³/mol. The monoisotopic (exact) mass is 427 g/mol. The van der Waals surface area contributed by atoms with E-state index in [1.165, 1.54) is 38.5 Å². The average Bonchev–Trinajstić information content (AvgIpc) is 2.67. The molecular formula is C19H22ClNO6S. The van der Waals surface area contributed by atoms with E-state index < -0.39 is 22.5 Å². The Bertz CT molecular complexity index is 961. The molecule has 2 aromatic carbocycles. The summed E-state index contributed by atoms with van der Waals surface area (Å²) in [4.78, 5) is 12.0. The van der Waals surface area contributed by atoms with Crippen LogP contribution < -0.4 is 13.8 Å². The smallest absolute Gasteiger partial charge is 0.326 e. The molecule has 152 valence electrons. The number of hydrogen-bond acceptors (Lipinski definition) is 6. The van der Waals surface area contributed by atoms with Crippen molar-refractivity contribution in [1.29, 1.82) is 0 Å². The van der Waals surface area contributed by atoms with Crippen molar-refractivity contribution < 1.29 is 27.4 Å². The zero-order valence-corrected chi connectivity index (χ0v) is 17.6. The largest absolute Gasteiger partial charge is 0.493 e. The maximum Gasteiger partial charge on any atom is 0.326 e. The third-order valence-electron chi connectivity index (χ3n) is 3.96. The maximum absolute atomic E-state index is 13.3. The van der Waals surface area contributed by atoms with Crippen LogP contribution in [0.3, 0.4) is 0 Å². The molecule has 0 atom stereocenters. The van der Waals surface area contributed by atoms with Crippen molar-refractivity contribution >= 4 is 33.3 Å². The number of esters is 1. The SMILES string of the molecule is CCOC(=O)CN(c1ccc(C)c(Cl)c1)S(=O)(=O)c1ccc(OC)c(OC)c1. The normalized spacial score (nSPS) is 11.0.